The van der Waals surface area contributed by atoms with Crippen molar-refractivity contribution in [3.63, 3.8) is 0 Å². The maximum atomic E-state index is 4.93. The summed E-state index contributed by atoms with van der Waals surface area (Å²) in [5.74, 6) is 0.886. The van der Waals surface area contributed by atoms with Gasteiger partial charge in [0.15, 0.2) is 0 Å². The first-order valence-electron chi connectivity index (χ1n) is 9.95. The number of thiazole rings is 1. The van der Waals surface area contributed by atoms with Crippen molar-refractivity contribution in [2.75, 3.05) is 0 Å². The summed E-state index contributed by atoms with van der Waals surface area (Å²) in [5, 5.41) is 9.23. The van der Waals surface area contributed by atoms with Crippen molar-refractivity contribution in [3.05, 3.63) is 62.4 Å². The maximum absolute atomic E-state index is 4.93. The van der Waals surface area contributed by atoms with Crippen LogP contribution in [-0.2, 0) is 38.5 Å². The Kier molecular flexibility index (Phi) is 3.61. The first kappa shape index (κ1) is 15.8. The first-order valence-corrected chi connectivity index (χ1v) is 10.8. The minimum Gasteiger partial charge on any atom is -0.257 e. The minimum absolute atomic E-state index is 0.405. The van der Waals surface area contributed by atoms with Crippen LogP contribution in [0.3, 0.4) is 0 Å². The zero-order valence-electron chi connectivity index (χ0n) is 15.2. The number of fused-ring (bicyclic) bond motifs is 3. The lowest BCUT2D eigenvalue weighted by molar-refractivity contribution is 0.562. The second-order valence-electron chi connectivity index (χ2n) is 8.05. The van der Waals surface area contributed by atoms with E-state index in [4.69, 9.17) is 4.98 Å². The molecule has 0 aliphatic heterocycles. The lowest BCUT2D eigenvalue weighted by Crippen LogP contribution is -2.14. The molecule has 0 spiro atoms. The Hall–Kier alpha value is -2.21. The SMILES string of the molecule is c1nc2c(s1)CC(c1cc3c(nn1)CC(c1cnc4c(n1)CCC4)C3)CC2. The zero-order chi connectivity index (χ0) is 17.8. The van der Waals surface area contributed by atoms with Gasteiger partial charge < -0.3 is 0 Å². The molecule has 3 aliphatic carbocycles. The van der Waals surface area contributed by atoms with Crippen LogP contribution in [0.25, 0.3) is 0 Å². The number of rotatable bonds is 2. The van der Waals surface area contributed by atoms with Crippen molar-refractivity contribution in [3.8, 4) is 0 Å². The van der Waals surface area contributed by atoms with Crippen LogP contribution >= 0.6 is 11.3 Å². The smallest absolute Gasteiger partial charge is 0.0797 e. The molecule has 0 saturated carbocycles. The molecule has 0 fully saturated rings. The number of hydrogen-bond donors (Lipinski definition) is 0. The Balaban J connectivity index is 1.24. The van der Waals surface area contributed by atoms with Gasteiger partial charge in [-0.1, -0.05) is 0 Å². The largest absolute Gasteiger partial charge is 0.257 e. The fourth-order valence-electron chi connectivity index (χ4n) is 4.85. The van der Waals surface area contributed by atoms with Gasteiger partial charge in [-0.05, 0) is 56.6 Å². The average Bonchev–Trinajstić information content (AvgIpc) is 3.44. The number of aromatic nitrogens is 5. The van der Waals surface area contributed by atoms with E-state index in [-0.39, 0.29) is 0 Å². The van der Waals surface area contributed by atoms with Crippen molar-refractivity contribution in [2.45, 2.75) is 63.2 Å². The van der Waals surface area contributed by atoms with Crippen LogP contribution in [0.5, 0.6) is 0 Å². The van der Waals surface area contributed by atoms with Gasteiger partial charge in [0.2, 0.25) is 0 Å². The zero-order valence-corrected chi connectivity index (χ0v) is 16.0. The van der Waals surface area contributed by atoms with Crippen LogP contribution < -0.4 is 0 Å². The molecule has 0 amide bonds. The molecule has 2 atom stereocenters. The Morgan fingerprint density at radius 2 is 1.78 bits per heavy atom. The van der Waals surface area contributed by atoms with Crippen molar-refractivity contribution >= 4 is 11.3 Å². The van der Waals surface area contributed by atoms with Crippen molar-refractivity contribution in [1.29, 1.82) is 0 Å². The molecule has 3 aromatic heterocycles. The molecular formula is C21H21N5S. The van der Waals surface area contributed by atoms with E-state index in [2.05, 4.69) is 26.2 Å². The molecule has 0 N–H and O–H groups in total. The van der Waals surface area contributed by atoms with Crippen LogP contribution in [0.2, 0.25) is 0 Å². The van der Waals surface area contributed by atoms with Gasteiger partial charge in [0.05, 0.1) is 39.7 Å². The van der Waals surface area contributed by atoms with Gasteiger partial charge in [0.1, 0.15) is 0 Å². The molecule has 3 heterocycles. The van der Waals surface area contributed by atoms with Crippen molar-refractivity contribution in [2.24, 2.45) is 0 Å². The molecule has 136 valence electrons. The molecule has 0 aromatic carbocycles. The summed E-state index contributed by atoms with van der Waals surface area (Å²) in [6.45, 7) is 0. The highest BCUT2D eigenvalue weighted by Crippen LogP contribution is 2.37. The maximum Gasteiger partial charge on any atom is 0.0797 e. The molecule has 3 aromatic rings. The summed E-state index contributed by atoms with van der Waals surface area (Å²) in [6, 6.07) is 2.32. The Bertz CT molecular complexity index is 1030. The second-order valence-corrected chi connectivity index (χ2v) is 8.99. The summed E-state index contributed by atoms with van der Waals surface area (Å²) >= 11 is 1.78. The summed E-state index contributed by atoms with van der Waals surface area (Å²) in [4.78, 5) is 15.5. The lowest BCUT2D eigenvalue weighted by atomic mass is 9.88. The molecule has 6 rings (SSSR count). The van der Waals surface area contributed by atoms with E-state index < -0.39 is 0 Å². The van der Waals surface area contributed by atoms with Crippen LogP contribution in [0.15, 0.2) is 17.8 Å². The Morgan fingerprint density at radius 3 is 2.78 bits per heavy atom. The highest BCUT2D eigenvalue weighted by Gasteiger charge is 2.30. The van der Waals surface area contributed by atoms with Crippen LogP contribution in [0, 0.1) is 0 Å². The van der Waals surface area contributed by atoms with Gasteiger partial charge in [-0.3, -0.25) is 9.97 Å². The molecule has 3 aliphatic rings. The van der Waals surface area contributed by atoms with E-state index >= 15 is 0 Å². The summed E-state index contributed by atoms with van der Waals surface area (Å²) in [7, 11) is 0. The third-order valence-corrected chi connectivity index (χ3v) is 7.28. The molecule has 0 radical (unpaired) electrons. The topological polar surface area (TPSA) is 64.5 Å². The van der Waals surface area contributed by atoms with Gasteiger partial charge >= 0.3 is 0 Å². The number of nitrogens with zero attached hydrogens (tertiary/aromatic N) is 5. The van der Waals surface area contributed by atoms with Gasteiger partial charge in [-0.15, -0.1) is 11.3 Å². The minimum atomic E-state index is 0.405. The highest BCUT2D eigenvalue weighted by molar-refractivity contribution is 7.09. The summed E-state index contributed by atoms with van der Waals surface area (Å²) in [5.41, 5.74) is 10.5. The number of hydrogen-bond acceptors (Lipinski definition) is 6. The lowest BCUT2D eigenvalue weighted by Gasteiger charge is -2.20. The first-order chi connectivity index (χ1) is 13.3. The molecule has 2 unspecified atom stereocenters. The summed E-state index contributed by atoms with van der Waals surface area (Å²) < 4.78 is 0. The third kappa shape index (κ3) is 2.69. The van der Waals surface area contributed by atoms with Crippen LogP contribution in [0.1, 0.15) is 69.3 Å². The normalized spacial score (nSPS) is 23.1. The average molecular weight is 376 g/mol. The Labute approximate surface area is 162 Å². The van der Waals surface area contributed by atoms with E-state index in [0.29, 0.717) is 11.8 Å². The van der Waals surface area contributed by atoms with E-state index in [1.807, 2.05) is 11.7 Å². The van der Waals surface area contributed by atoms with Crippen LogP contribution in [-0.4, -0.2) is 25.1 Å². The molecule has 27 heavy (non-hydrogen) atoms. The fraction of sp³-hybridized carbons (Fsp3) is 0.476. The predicted octanol–water partition coefficient (Wildman–Crippen LogP) is 3.37. The quantitative estimate of drug-likeness (QED) is 0.687. The molecule has 5 nitrogen and oxygen atoms in total. The standard InChI is InChI=1S/C21H21N5S/c1-2-15-16(3-1)24-20(10-22-15)14-6-13-7-18(25-26-19(13)8-14)12-4-5-17-21(9-12)27-11-23-17/h7,10-12,14H,1-6,8-9H2. The molecule has 0 saturated heterocycles. The van der Waals surface area contributed by atoms with Gasteiger partial charge in [0, 0.05) is 29.3 Å². The van der Waals surface area contributed by atoms with Crippen molar-refractivity contribution < 1.29 is 0 Å². The number of aryl methyl sites for hydroxylation is 3. The molecule has 6 heteroatoms. The van der Waals surface area contributed by atoms with E-state index in [9.17, 15) is 0 Å². The Morgan fingerprint density at radius 1 is 0.815 bits per heavy atom. The molecule has 0 bridgehead atoms. The van der Waals surface area contributed by atoms with E-state index in [0.717, 1.165) is 62.0 Å². The van der Waals surface area contributed by atoms with Gasteiger partial charge in [-0.2, -0.15) is 10.2 Å². The van der Waals surface area contributed by atoms with Gasteiger partial charge in [-0.25, -0.2) is 4.98 Å². The molecular weight excluding hydrogens is 354 g/mol. The van der Waals surface area contributed by atoms with E-state index in [1.54, 1.807) is 11.3 Å². The monoisotopic (exact) mass is 375 g/mol. The fourth-order valence-corrected chi connectivity index (χ4v) is 5.75. The predicted molar refractivity (Wildman–Crippen MR) is 103 cm³/mol. The summed E-state index contributed by atoms with van der Waals surface area (Å²) in [6.07, 6.45) is 10.6. The van der Waals surface area contributed by atoms with Gasteiger partial charge in [0.25, 0.3) is 0 Å². The third-order valence-electron chi connectivity index (χ3n) is 6.39. The van der Waals surface area contributed by atoms with Crippen LogP contribution in [0.4, 0.5) is 0 Å². The van der Waals surface area contributed by atoms with E-state index in [1.165, 1.54) is 33.9 Å². The second kappa shape index (κ2) is 6.16. The van der Waals surface area contributed by atoms with Crippen molar-refractivity contribution in [1.82, 2.24) is 25.1 Å². The highest BCUT2D eigenvalue weighted by atomic mass is 32.1.